The maximum Gasteiger partial charge on any atom is 0.0607 e. The highest BCUT2D eigenvalue weighted by molar-refractivity contribution is 5.39. The van der Waals surface area contributed by atoms with Crippen LogP contribution in [0.25, 0.3) is 0 Å². The van der Waals surface area contributed by atoms with Gasteiger partial charge in [0.25, 0.3) is 0 Å². The minimum absolute atomic E-state index is 0.156. The van der Waals surface area contributed by atoms with Gasteiger partial charge in [-0.15, -0.1) is 0 Å². The largest absolute Gasteiger partial charge is 0.403 e. The molecule has 0 fully saturated rings. The third-order valence-electron chi connectivity index (χ3n) is 2.81. The number of nitrogens with two attached hydrogens (primary N) is 1. The maximum atomic E-state index is 5.63. The van der Waals surface area contributed by atoms with Gasteiger partial charge in [-0.25, -0.2) is 0 Å². The maximum absolute atomic E-state index is 5.63. The van der Waals surface area contributed by atoms with E-state index in [4.69, 9.17) is 5.73 Å². The lowest BCUT2D eigenvalue weighted by Gasteiger charge is -2.31. The van der Waals surface area contributed by atoms with Gasteiger partial charge in [-0.05, 0) is 30.9 Å². The van der Waals surface area contributed by atoms with Crippen LogP contribution in [0.15, 0.2) is 47.6 Å². The first-order chi connectivity index (χ1) is 7.40. The van der Waals surface area contributed by atoms with Crippen molar-refractivity contribution in [1.82, 2.24) is 4.90 Å². The minimum atomic E-state index is 0.156. The molecule has 0 amide bonds. The van der Waals surface area contributed by atoms with Crippen LogP contribution in [0, 0.1) is 5.41 Å². The van der Waals surface area contributed by atoms with Crippen molar-refractivity contribution in [2.75, 3.05) is 0 Å². The fraction of sp³-hybridized carbons (Fsp3) is 0.429. The summed E-state index contributed by atoms with van der Waals surface area (Å²) in [4.78, 5) is 2.13. The number of rotatable bonds is 1. The third kappa shape index (κ3) is 2.57. The SMILES string of the molecule is C/C=C(/C)N1C=C(C(C)(C)C)C=C/C1=C/N. The number of hydrogen-bond acceptors (Lipinski definition) is 2. The first-order valence-electron chi connectivity index (χ1n) is 5.64. The van der Waals surface area contributed by atoms with Crippen LogP contribution in [0.1, 0.15) is 34.6 Å². The van der Waals surface area contributed by atoms with Crippen LogP contribution in [0.3, 0.4) is 0 Å². The second-order valence-corrected chi connectivity index (χ2v) is 5.06. The highest BCUT2D eigenvalue weighted by Crippen LogP contribution is 2.32. The molecule has 0 radical (unpaired) electrons. The molecular formula is C14H22N2. The topological polar surface area (TPSA) is 29.3 Å². The van der Waals surface area contributed by atoms with Crippen LogP contribution < -0.4 is 5.73 Å². The molecule has 1 rings (SSSR count). The fourth-order valence-electron chi connectivity index (χ4n) is 1.54. The standard InChI is InChI=1S/C14H22N2/c1-6-11(2)16-10-12(14(3,4)5)7-8-13(16)9-15/h6-10H,15H2,1-5H3/b11-6-,13-9-. The zero-order chi connectivity index (χ0) is 12.3. The fourth-order valence-corrected chi connectivity index (χ4v) is 1.54. The van der Waals surface area contributed by atoms with Gasteiger partial charge in [0.1, 0.15) is 0 Å². The van der Waals surface area contributed by atoms with Gasteiger partial charge in [0.2, 0.25) is 0 Å². The van der Waals surface area contributed by atoms with Crippen molar-refractivity contribution in [3.8, 4) is 0 Å². The Morgan fingerprint density at radius 1 is 1.31 bits per heavy atom. The van der Waals surface area contributed by atoms with Crippen LogP contribution in [-0.4, -0.2) is 4.90 Å². The summed E-state index contributed by atoms with van der Waals surface area (Å²) < 4.78 is 0. The molecule has 88 valence electrons. The first-order valence-corrected chi connectivity index (χ1v) is 5.64. The molecule has 0 unspecified atom stereocenters. The Morgan fingerprint density at radius 3 is 2.38 bits per heavy atom. The molecule has 1 aliphatic rings. The molecule has 0 aromatic rings. The smallest absolute Gasteiger partial charge is 0.0607 e. The third-order valence-corrected chi connectivity index (χ3v) is 2.81. The lowest BCUT2D eigenvalue weighted by molar-refractivity contribution is 0.484. The van der Waals surface area contributed by atoms with Crippen molar-refractivity contribution in [3.05, 3.63) is 47.6 Å². The van der Waals surface area contributed by atoms with Crippen molar-refractivity contribution in [2.45, 2.75) is 34.6 Å². The number of hydrogen-bond donors (Lipinski definition) is 1. The molecule has 0 spiro atoms. The molecule has 0 bridgehead atoms. The Morgan fingerprint density at radius 2 is 1.94 bits per heavy atom. The van der Waals surface area contributed by atoms with E-state index in [-0.39, 0.29) is 5.41 Å². The van der Waals surface area contributed by atoms with Gasteiger partial charge >= 0.3 is 0 Å². The molecule has 1 aliphatic heterocycles. The van der Waals surface area contributed by atoms with Gasteiger partial charge in [0, 0.05) is 18.1 Å². The van der Waals surface area contributed by atoms with E-state index in [2.05, 4.69) is 57.0 Å². The van der Waals surface area contributed by atoms with Crippen LogP contribution >= 0.6 is 0 Å². The minimum Gasteiger partial charge on any atom is -0.403 e. The van der Waals surface area contributed by atoms with Crippen molar-refractivity contribution < 1.29 is 0 Å². The molecule has 0 aliphatic carbocycles. The quantitative estimate of drug-likeness (QED) is 0.729. The van der Waals surface area contributed by atoms with E-state index in [0.717, 1.165) is 5.70 Å². The van der Waals surface area contributed by atoms with E-state index in [1.807, 2.05) is 6.92 Å². The predicted molar refractivity (Wildman–Crippen MR) is 70.2 cm³/mol. The molecule has 0 aromatic carbocycles. The molecule has 1 heterocycles. The van der Waals surface area contributed by atoms with Crippen molar-refractivity contribution in [3.63, 3.8) is 0 Å². The Kier molecular flexibility index (Phi) is 3.63. The molecular weight excluding hydrogens is 196 g/mol. The molecule has 0 aromatic heterocycles. The monoisotopic (exact) mass is 218 g/mol. The average molecular weight is 218 g/mol. The Bertz CT molecular complexity index is 376. The molecule has 2 heteroatoms. The highest BCUT2D eigenvalue weighted by atomic mass is 15.1. The summed E-state index contributed by atoms with van der Waals surface area (Å²) in [5.41, 5.74) is 9.29. The molecule has 2 N–H and O–H groups in total. The summed E-state index contributed by atoms with van der Waals surface area (Å²) in [6, 6.07) is 0. The summed E-state index contributed by atoms with van der Waals surface area (Å²) >= 11 is 0. The Balaban J connectivity index is 3.14. The van der Waals surface area contributed by atoms with Gasteiger partial charge in [-0.2, -0.15) is 0 Å². The Labute approximate surface area is 98.8 Å². The van der Waals surface area contributed by atoms with Crippen LogP contribution in [0.4, 0.5) is 0 Å². The zero-order valence-electron chi connectivity index (χ0n) is 10.9. The van der Waals surface area contributed by atoms with Gasteiger partial charge in [-0.3, -0.25) is 0 Å². The summed E-state index contributed by atoms with van der Waals surface area (Å²) in [5.74, 6) is 0. The van der Waals surface area contributed by atoms with Crippen LogP contribution in [-0.2, 0) is 0 Å². The van der Waals surface area contributed by atoms with Crippen molar-refractivity contribution in [2.24, 2.45) is 11.1 Å². The average Bonchev–Trinajstić information content (AvgIpc) is 2.25. The van der Waals surface area contributed by atoms with E-state index in [1.54, 1.807) is 6.20 Å². The molecule has 0 saturated heterocycles. The summed E-state index contributed by atoms with van der Waals surface area (Å²) in [7, 11) is 0. The lowest BCUT2D eigenvalue weighted by Crippen LogP contribution is -2.21. The van der Waals surface area contributed by atoms with Crippen LogP contribution in [0.5, 0.6) is 0 Å². The Hall–Kier alpha value is -1.44. The van der Waals surface area contributed by atoms with Gasteiger partial charge < -0.3 is 10.6 Å². The van der Waals surface area contributed by atoms with Crippen LogP contribution in [0.2, 0.25) is 0 Å². The van der Waals surface area contributed by atoms with Gasteiger partial charge in [0.15, 0.2) is 0 Å². The summed E-state index contributed by atoms with van der Waals surface area (Å²) in [6.07, 6.45) is 10.1. The number of nitrogens with zero attached hydrogens (tertiary/aromatic N) is 1. The molecule has 16 heavy (non-hydrogen) atoms. The van der Waals surface area contributed by atoms with Crippen molar-refractivity contribution >= 4 is 0 Å². The first kappa shape index (κ1) is 12.6. The lowest BCUT2D eigenvalue weighted by atomic mass is 9.85. The van der Waals surface area contributed by atoms with Crippen molar-refractivity contribution in [1.29, 1.82) is 0 Å². The van der Waals surface area contributed by atoms with E-state index in [1.165, 1.54) is 11.3 Å². The zero-order valence-corrected chi connectivity index (χ0v) is 10.9. The second kappa shape index (κ2) is 4.60. The van der Waals surface area contributed by atoms with E-state index < -0.39 is 0 Å². The molecule has 0 saturated carbocycles. The predicted octanol–water partition coefficient (Wildman–Crippen LogP) is 3.51. The highest BCUT2D eigenvalue weighted by Gasteiger charge is 2.20. The van der Waals surface area contributed by atoms with Gasteiger partial charge in [-0.1, -0.05) is 32.9 Å². The normalized spacial score (nSPS) is 20.3. The van der Waals surface area contributed by atoms with E-state index >= 15 is 0 Å². The van der Waals surface area contributed by atoms with E-state index in [9.17, 15) is 0 Å². The number of allylic oxidation sites excluding steroid dienone is 5. The summed E-state index contributed by atoms with van der Waals surface area (Å²) in [5, 5.41) is 0. The van der Waals surface area contributed by atoms with Gasteiger partial charge in [0.05, 0.1) is 5.70 Å². The summed E-state index contributed by atoms with van der Waals surface area (Å²) in [6.45, 7) is 10.8. The second-order valence-electron chi connectivity index (χ2n) is 5.06. The molecule has 2 nitrogen and oxygen atoms in total. The molecule has 0 atom stereocenters. The van der Waals surface area contributed by atoms with E-state index in [0.29, 0.717) is 0 Å².